The van der Waals surface area contributed by atoms with E-state index in [1.807, 2.05) is 19.2 Å². The van der Waals surface area contributed by atoms with Gasteiger partial charge >= 0.3 is 0 Å². The smallest absolute Gasteiger partial charge is 0.250 e. The van der Waals surface area contributed by atoms with Crippen molar-refractivity contribution >= 4 is 0 Å². The first-order valence-corrected chi connectivity index (χ1v) is 8.42. The highest BCUT2D eigenvalue weighted by atomic mass is 16.1. The Morgan fingerprint density at radius 2 is 1.43 bits per heavy atom. The topological polar surface area (TPSA) is 28.5 Å². The van der Waals surface area contributed by atoms with Gasteiger partial charge in [0.25, 0.3) is 5.56 Å². The molecule has 0 spiro atoms. The molecule has 1 aliphatic rings. The summed E-state index contributed by atoms with van der Waals surface area (Å²) >= 11 is 0. The third kappa shape index (κ3) is 4.30. The molecule has 3 rings (SSSR count). The zero-order chi connectivity index (χ0) is 16.1. The molecule has 0 atom stereocenters. The van der Waals surface area contributed by atoms with Crippen LogP contribution in [0.3, 0.4) is 0 Å². The summed E-state index contributed by atoms with van der Waals surface area (Å²) in [7, 11) is 0. The first kappa shape index (κ1) is 16.0. The summed E-state index contributed by atoms with van der Waals surface area (Å²) in [5, 5.41) is 0. The standard InChI is InChI=1S/C19H25N3O/c1-2-22-16-18(8-9-19(22)23)15-21-12-10-20(11-13-21)14-17-6-4-3-5-7-17/h3-9,16H,2,10-15H2,1H3. The number of hydrogen-bond donors (Lipinski definition) is 0. The summed E-state index contributed by atoms with van der Waals surface area (Å²) in [6, 6.07) is 14.3. The largest absolute Gasteiger partial charge is 0.315 e. The normalized spacial score (nSPS) is 16.6. The molecule has 23 heavy (non-hydrogen) atoms. The molecule has 122 valence electrons. The van der Waals surface area contributed by atoms with Gasteiger partial charge in [0.05, 0.1) is 0 Å². The molecule has 0 saturated carbocycles. The molecule has 1 saturated heterocycles. The van der Waals surface area contributed by atoms with Gasteiger partial charge in [0.1, 0.15) is 0 Å². The van der Waals surface area contributed by atoms with Crippen molar-refractivity contribution in [2.24, 2.45) is 0 Å². The summed E-state index contributed by atoms with van der Waals surface area (Å²) in [6.07, 6.45) is 2.00. The lowest BCUT2D eigenvalue weighted by atomic mass is 10.2. The Hall–Kier alpha value is -1.91. The third-order valence-corrected chi connectivity index (χ3v) is 4.51. The van der Waals surface area contributed by atoms with Gasteiger partial charge in [-0.05, 0) is 18.1 Å². The second-order valence-electron chi connectivity index (χ2n) is 6.20. The lowest BCUT2D eigenvalue weighted by molar-refractivity contribution is 0.122. The fourth-order valence-electron chi connectivity index (χ4n) is 3.13. The SMILES string of the molecule is CCn1cc(CN2CCN(Cc3ccccc3)CC2)ccc1=O. The van der Waals surface area contributed by atoms with Crippen LogP contribution in [0.5, 0.6) is 0 Å². The highest BCUT2D eigenvalue weighted by Crippen LogP contribution is 2.11. The van der Waals surface area contributed by atoms with E-state index in [0.717, 1.165) is 45.8 Å². The molecular formula is C19H25N3O. The minimum Gasteiger partial charge on any atom is -0.315 e. The van der Waals surface area contributed by atoms with Crippen molar-refractivity contribution in [3.05, 3.63) is 70.1 Å². The van der Waals surface area contributed by atoms with Gasteiger partial charge in [-0.25, -0.2) is 0 Å². The van der Waals surface area contributed by atoms with Crippen LogP contribution < -0.4 is 5.56 Å². The third-order valence-electron chi connectivity index (χ3n) is 4.51. The molecular weight excluding hydrogens is 286 g/mol. The molecule has 2 heterocycles. The van der Waals surface area contributed by atoms with Gasteiger partial charge in [-0.2, -0.15) is 0 Å². The lowest BCUT2D eigenvalue weighted by Crippen LogP contribution is -2.45. The van der Waals surface area contributed by atoms with E-state index in [1.165, 1.54) is 11.1 Å². The van der Waals surface area contributed by atoms with E-state index < -0.39 is 0 Å². The molecule has 0 bridgehead atoms. The summed E-state index contributed by atoms with van der Waals surface area (Å²) in [4.78, 5) is 16.6. The minimum atomic E-state index is 0.0870. The second kappa shape index (κ2) is 7.57. The number of piperazine rings is 1. The number of pyridine rings is 1. The van der Waals surface area contributed by atoms with Gasteiger partial charge < -0.3 is 4.57 Å². The van der Waals surface area contributed by atoms with E-state index in [4.69, 9.17) is 0 Å². The van der Waals surface area contributed by atoms with Crippen LogP contribution in [0.4, 0.5) is 0 Å². The predicted molar refractivity (Wildman–Crippen MR) is 93.4 cm³/mol. The van der Waals surface area contributed by atoms with Crippen LogP contribution in [0.2, 0.25) is 0 Å². The molecule has 1 aromatic heterocycles. The zero-order valence-electron chi connectivity index (χ0n) is 13.8. The average Bonchev–Trinajstić information content (AvgIpc) is 2.59. The summed E-state index contributed by atoms with van der Waals surface area (Å²) in [5.74, 6) is 0. The van der Waals surface area contributed by atoms with Gasteiger partial charge in [-0.1, -0.05) is 36.4 Å². The van der Waals surface area contributed by atoms with Crippen LogP contribution in [-0.2, 0) is 19.6 Å². The molecule has 4 heteroatoms. The molecule has 0 aliphatic carbocycles. The Labute approximate surface area is 138 Å². The minimum absolute atomic E-state index is 0.0870. The van der Waals surface area contributed by atoms with Crippen LogP contribution in [0.15, 0.2) is 53.5 Å². The van der Waals surface area contributed by atoms with Crippen LogP contribution in [0.25, 0.3) is 0 Å². The number of rotatable bonds is 5. The molecule has 1 aromatic carbocycles. The summed E-state index contributed by atoms with van der Waals surface area (Å²) < 4.78 is 1.78. The average molecular weight is 311 g/mol. The quantitative estimate of drug-likeness (QED) is 0.847. The number of aromatic nitrogens is 1. The molecule has 0 radical (unpaired) electrons. The Morgan fingerprint density at radius 3 is 2.04 bits per heavy atom. The van der Waals surface area contributed by atoms with Crippen LogP contribution >= 0.6 is 0 Å². The Bertz CT molecular complexity index is 673. The first-order valence-electron chi connectivity index (χ1n) is 8.42. The molecule has 0 amide bonds. The van der Waals surface area contributed by atoms with Crippen LogP contribution in [0.1, 0.15) is 18.1 Å². The van der Waals surface area contributed by atoms with Crippen molar-refractivity contribution in [1.29, 1.82) is 0 Å². The van der Waals surface area contributed by atoms with E-state index in [1.54, 1.807) is 10.6 Å². The Balaban J connectivity index is 1.52. The monoisotopic (exact) mass is 311 g/mol. The van der Waals surface area contributed by atoms with E-state index in [2.05, 4.69) is 40.1 Å². The second-order valence-corrected chi connectivity index (χ2v) is 6.20. The van der Waals surface area contributed by atoms with Crippen molar-refractivity contribution in [1.82, 2.24) is 14.4 Å². The highest BCUT2D eigenvalue weighted by molar-refractivity contribution is 5.14. The van der Waals surface area contributed by atoms with Gasteiger partial charge in [0.15, 0.2) is 0 Å². The van der Waals surface area contributed by atoms with Crippen molar-refractivity contribution in [2.45, 2.75) is 26.6 Å². The van der Waals surface area contributed by atoms with Crippen molar-refractivity contribution in [3.63, 3.8) is 0 Å². The number of nitrogens with zero attached hydrogens (tertiary/aromatic N) is 3. The summed E-state index contributed by atoms with van der Waals surface area (Å²) in [5.41, 5.74) is 2.70. The van der Waals surface area contributed by atoms with E-state index in [-0.39, 0.29) is 5.56 Å². The predicted octanol–water partition coefficient (Wildman–Crippen LogP) is 2.19. The Kier molecular flexibility index (Phi) is 5.26. The van der Waals surface area contributed by atoms with Gasteiger partial charge in [-0.15, -0.1) is 0 Å². The number of aryl methyl sites for hydroxylation is 1. The van der Waals surface area contributed by atoms with Crippen LogP contribution in [-0.4, -0.2) is 40.5 Å². The van der Waals surface area contributed by atoms with Crippen molar-refractivity contribution in [3.8, 4) is 0 Å². The highest BCUT2D eigenvalue weighted by Gasteiger charge is 2.17. The number of hydrogen-bond acceptors (Lipinski definition) is 3. The van der Waals surface area contributed by atoms with E-state index in [9.17, 15) is 4.79 Å². The molecule has 4 nitrogen and oxygen atoms in total. The first-order chi connectivity index (χ1) is 11.2. The number of benzene rings is 1. The molecule has 1 fully saturated rings. The van der Waals surface area contributed by atoms with Crippen LogP contribution in [0, 0.1) is 0 Å². The fraction of sp³-hybridized carbons (Fsp3) is 0.421. The zero-order valence-corrected chi connectivity index (χ0v) is 13.8. The molecule has 1 aliphatic heterocycles. The molecule has 2 aromatic rings. The lowest BCUT2D eigenvalue weighted by Gasteiger charge is -2.34. The summed E-state index contributed by atoms with van der Waals surface area (Å²) in [6.45, 7) is 9.07. The maximum atomic E-state index is 11.7. The Morgan fingerprint density at radius 1 is 0.826 bits per heavy atom. The van der Waals surface area contributed by atoms with Gasteiger partial charge in [-0.3, -0.25) is 14.6 Å². The molecule has 0 unspecified atom stereocenters. The van der Waals surface area contributed by atoms with Crippen molar-refractivity contribution in [2.75, 3.05) is 26.2 Å². The fourth-order valence-corrected chi connectivity index (χ4v) is 3.13. The van der Waals surface area contributed by atoms with Crippen molar-refractivity contribution < 1.29 is 0 Å². The maximum Gasteiger partial charge on any atom is 0.250 e. The van der Waals surface area contributed by atoms with Gasteiger partial charge in [0.2, 0.25) is 0 Å². The maximum absolute atomic E-state index is 11.7. The van der Waals surface area contributed by atoms with E-state index in [0.29, 0.717) is 0 Å². The van der Waals surface area contributed by atoms with E-state index >= 15 is 0 Å². The molecule has 0 N–H and O–H groups in total. The van der Waals surface area contributed by atoms with Gasteiger partial charge in [0, 0.05) is 58.1 Å².